The number of hydrogen-bond acceptors (Lipinski definition) is 1. The third kappa shape index (κ3) is 7.08. The molecule has 0 aromatic carbocycles. The van der Waals surface area contributed by atoms with E-state index in [1.165, 1.54) is 83.8 Å². The molecule has 0 amide bonds. The average molecular weight is 239 g/mol. The molecule has 0 aromatic heterocycles. The lowest BCUT2D eigenvalue weighted by Crippen LogP contribution is -2.35. The summed E-state index contributed by atoms with van der Waals surface area (Å²) in [5.74, 6) is 1.01. The second-order valence-corrected chi connectivity index (χ2v) is 5.87. The van der Waals surface area contributed by atoms with Crippen molar-refractivity contribution in [1.82, 2.24) is 4.90 Å². The highest BCUT2D eigenvalue weighted by atomic mass is 15.1. The number of rotatable bonds is 9. The van der Waals surface area contributed by atoms with Crippen molar-refractivity contribution in [2.45, 2.75) is 78.1 Å². The molecule has 17 heavy (non-hydrogen) atoms. The van der Waals surface area contributed by atoms with E-state index < -0.39 is 0 Å². The molecule has 1 fully saturated rings. The van der Waals surface area contributed by atoms with Gasteiger partial charge in [0.05, 0.1) is 0 Å². The van der Waals surface area contributed by atoms with Crippen LogP contribution in [0.3, 0.4) is 0 Å². The Morgan fingerprint density at radius 1 is 0.941 bits per heavy atom. The van der Waals surface area contributed by atoms with Crippen molar-refractivity contribution in [3.63, 3.8) is 0 Å². The van der Waals surface area contributed by atoms with E-state index in [-0.39, 0.29) is 0 Å². The Morgan fingerprint density at radius 2 is 1.71 bits per heavy atom. The molecule has 1 rings (SSSR count). The number of hydrogen-bond donors (Lipinski definition) is 0. The summed E-state index contributed by atoms with van der Waals surface area (Å²) in [6.07, 6.45) is 14.4. The molecule has 0 spiro atoms. The Morgan fingerprint density at radius 3 is 2.47 bits per heavy atom. The molecule has 0 aliphatic carbocycles. The zero-order chi connectivity index (χ0) is 12.3. The number of unbranched alkanes of at least 4 members (excludes halogenated alkanes) is 5. The first-order valence-corrected chi connectivity index (χ1v) is 8.09. The van der Waals surface area contributed by atoms with Crippen molar-refractivity contribution in [2.24, 2.45) is 5.92 Å². The molecule has 102 valence electrons. The minimum absolute atomic E-state index is 1.01. The standard InChI is InChI=1S/C16H33N/c1-3-5-6-7-8-9-13-17-14-10-12-16(15-17)11-4-2/h16H,3-15H2,1-2H3. The summed E-state index contributed by atoms with van der Waals surface area (Å²) in [6.45, 7) is 8.75. The second kappa shape index (κ2) is 9.94. The van der Waals surface area contributed by atoms with Crippen molar-refractivity contribution < 1.29 is 0 Å². The molecule has 0 radical (unpaired) electrons. The fourth-order valence-corrected chi connectivity index (χ4v) is 3.11. The lowest BCUT2D eigenvalue weighted by Gasteiger charge is -2.32. The molecular formula is C16H33N. The Labute approximate surface area is 109 Å². The normalized spacial score (nSPS) is 21.9. The Hall–Kier alpha value is -0.0400. The number of likely N-dealkylation sites (tertiary alicyclic amines) is 1. The fourth-order valence-electron chi connectivity index (χ4n) is 3.11. The van der Waals surface area contributed by atoms with Crippen LogP contribution in [-0.2, 0) is 0 Å². The highest BCUT2D eigenvalue weighted by Gasteiger charge is 2.18. The van der Waals surface area contributed by atoms with E-state index in [4.69, 9.17) is 0 Å². The van der Waals surface area contributed by atoms with Crippen molar-refractivity contribution in [3.05, 3.63) is 0 Å². The van der Waals surface area contributed by atoms with Crippen LogP contribution in [0.15, 0.2) is 0 Å². The maximum atomic E-state index is 2.73. The van der Waals surface area contributed by atoms with Crippen LogP contribution in [0.2, 0.25) is 0 Å². The highest BCUT2D eigenvalue weighted by molar-refractivity contribution is 4.72. The first-order chi connectivity index (χ1) is 8.36. The van der Waals surface area contributed by atoms with Crippen LogP contribution < -0.4 is 0 Å². The van der Waals surface area contributed by atoms with Gasteiger partial charge >= 0.3 is 0 Å². The van der Waals surface area contributed by atoms with Gasteiger partial charge in [-0.25, -0.2) is 0 Å². The van der Waals surface area contributed by atoms with E-state index in [1.807, 2.05) is 0 Å². The maximum absolute atomic E-state index is 2.73. The van der Waals surface area contributed by atoms with Gasteiger partial charge in [0.25, 0.3) is 0 Å². The summed E-state index contributed by atoms with van der Waals surface area (Å²) in [5.41, 5.74) is 0. The molecule has 1 aliphatic heterocycles. The maximum Gasteiger partial charge on any atom is 0.000966 e. The van der Waals surface area contributed by atoms with E-state index in [1.54, 1.807) is 0 Å². The third-order valence-electron chi connectivity index (χ3n) is 4.13. The molecule has 1 saturated heterocycles. The summed E-state index contributed by atoms with van der Waals surface area (Å²) in [6, 6.07) is 0. The molecule has 0 bridgehead atoms. The predicted molar refractivity (Wildman–Crippen MR) is 77.4 cm³/mol. The van der Waals surface area contributed by atoms with E-state index in [9.17, 15) is 0 Å². The van der Waals surface area contributed by atoms with Crippen LogP contribution >= 0.6 is 0 Å². The molecular weight excluding hydrogens is 206 g/mol. The second-order valence-electron chi connectivity index (χ2n) is 5.87. The smallest absolute Gasteiger partial charge is 0.000966 e. The van der Waals surface area contributed by atoms with E-state index in [0.717, 1.165) is 5.92 Å². The van der Waals surface area contributed by atoms with Crippen molar-refractivity contribution >= 4 is 0 Å². The zero-order valence-corrected chi connectivity index (χ0v) is 12.2. The Balaban J connectivity index is 1.98. The van der Waals surface area contributed by atoms with Gasteiger partial charge in [0.2, 0.25) is 0 Å². The van der Waals surface area contributed by atoms with Crippen LogP contribution in [-0.4, -0.2) is 24.5 Å². The van der Waals surface area contributed by atoms with Crippen LogP contribution in [0, 0.1) is 5.92 Å². The van der Waals surface area contributed by atoms with Gasteiger partial charge in [-0.05, 0) is 44.7 Å². The van der Waals surface area contributed by atoms with Crippen LogP contribution in [0.4, 0.5) is 0 Å². The first-order valence-electron chi connectivity index (χ1n) is 8.09. The van der Waals surface area contributed by atoms with Gasteiger partial charge in [0, 0.05) is 6.54 Å². The molecule has 1 heteroatoms. The quantitative estimate of drug-likeness (QED) is 0.519. The fraction of sp³-hybridized carbons (Fsp3) is 1.00. The summed E-state index contributed by atoms with van der Waals surface area (Å²) in [4.78, 5) is 2.73. The van der Waals surface area contributed by atoms with Gasteiger partial charge < -0.3 is 4.90 Å². The molecule has 0 aromatic rings. The molecule has 1 nitrogen and oxygen atoms in total. The van der Waals surface area contributed by atoms with Crippen molar-refractivity contribution in [3.8, 4) is 0 Å². The Bertz CT molecular complexity index is 165. The monoisotopic (exact) mass is 239 g/mol. The zero-order valence-electron chi connectivity index (χ0n) is 12.2. The Kier molecular flexibility index (Phi) is 8.78. The summed E-state index contributed by atoms with van der Waals surface area (Å²) < 4.78 is 0. The number of piperidine rings is 1. The van der Waals surface area contributed by atoms with Gasteiger partial charge in [0.1, 0.15) is 0 Å². The minimum Gasteiger partial charge on any atom is -0.303 e. The molecule has 0 saturated carbocycles. The SMILES string of the molecule is CCCCCCCCN1CCCC(CCC)C1. The molecule has 1 unspecified atom stereocenters. The first kappa shape index (κ1) is 15.0. The summed E-state index contributed by atoms with van der Waals surface area (Å²) >= 11 is 0. The van der Waals surface area contributed by atoms with Crippen LogP contribution in [0.1, 0.15) is 78.1 Å². The van der Waals surface area contributed by atoms with Crippen molar-refractivity contribution in [2.75, 3.05) is 19.6 Å². The topological polar surface area (TPSA) is 3.24 Å². The highest BCUT2D eigenvalue weighted by Crippen LogP contribution is 2.21. The van der Waals surface area contributed by atoms with E-state index in [2.05, 4.69) is 18.7 Å². The van der Waals surface area contributed by atoms with Gasteiger partial charge in [-0.1, -0.05) is 52.4 Å². The summed E-state index contributed by atoms with van der Waals surface area (Å²) in [5, 5.41) is 0. The molecule has 0 N–H and O–H groups in total. The van der Waals surface area contributed by atoms with Crippen molar-refractivity contribution in [1.29, 1.82) is 0 Å². The van der Waals surface area contributed by atoms with Gasteiger partial charge in [-0.2, -0.15) is 0 Å². The van der Waals surface area contributed by atoms with E-state index >= 15 is 0 Å². The molecule has 1 atom stereocenters. The predicted octanol–water partition coefficient (Wildman–Crippen LogP) is 4.86. The summed E-state index contributed by atoms with van der Waals surface area (Å²) in [7, 11) is 0. The van der Waals surface area contributed by atoms with Gasteiger partial charge in [-0.15, -0.1) is 0 Å². The van der Waals surface area contributed by atoms with Crippen LogP contribution in [0.5, 0.6) is 0 Å². The molecule has 1 heterocycles. The average Bonchev–Trinajstić information content (AvgIpc) is 2.35. The molecule has 1 aliphatic rings. The van der Waals surface area contributed by atoms with Crippen LogP contribution in [0.25, 0.3) is 0 Å². The van der Waals surface area contributed by atoms with E-state index in [0.29, 0.717) is 0 Å². The van der Waals surface area contributed by atoms with Gasteiger partial charge in [-0.3, -0.25) is 0 Å². The minimum atomic E-state index is 1.01. The third-order valence-corrected chi connectivity index (χ3v) is 4.13. The number of nitrogens with zero attached hydrogens (tertiary/aromatic N) is 1. The lowest BCUT2D eigenvalue weighted by molar-refractivity contribution is 0.165. The largest absolute Gasteiger partial charge is 0.303 e. The van der Waals surface area contributed by atoms with Gasteiger partial charge in [0.15, 0.2) is 0 Å². The lowest BCUT2D eigenvalue weighted by atomic mass is 9.93.